The van der Waals surface area contributed by atoms with Crippen LogP contribution in [0, 0.1) is 11.8 Å². The summed E-state index contributed by atoms with van der Waals surface area (Å²) < 4.78 is 0. The lowest BCUT2D eigenvalue weighted by Gasteiger charge is -2.18. The minimum Gasteiger partial charge on any atom is -0.314 e. The van der Waals surface area contributed by atoms with Crippen LogP contribution in [0.5, 0.6) is 0 Å². The van der Waals surface area contributed by atoms with Gasteiger partial charge in [0.25, 0.3) is 0 Å². The Morgan fingerprint density at radius 2 is 2.12 bits per heavy atom. The molecule has 1 aromatic rings. The first-order valence-corrected chi connectivity index (χ1v) is 6.57. The average molecular weight is 238 g/mol. The van der Waals surface area contributed by atoms with Crippen molar-refractivity contribution in [2.45, 2.75) is 32.7 Å². The van der Waals surface area contributed by atoms with Crippen LogP contribution in [0.25, 0.3) is 0 Å². The zero-order chi connectivity index (χ0) is 11.5. The predicted octanol–water partition coefficient (Wildman–Crippen LogP) is 3.52. The fourth-order valence-corrected chi connectivity index (χ4v) is 2.66. The van der Waals surface area contributed by atoms with Gasteiger partial charge >= 0.3 is 0 Å². The second-order valence-electron chi connectivity index (χ2n) is 4.84. The van der Waals surface area contributed by atoms with Crippen molar-refractivity contribution in [1.29, 1.82) is 0 Å². The molecule has 3 unspecified atom stereocenters. The van der Waals surface area contributed by atoms with E-state index >= 15 is 0 Å². The summed E-state index contributed by atoms with van der Waals surface area (Å²) in [5.74, 6) is 1.72. The summed E-state index contributed by atoms with van der Waals surface area (Å²) in [6, 6.07) is 8.78. The Balaban J connectivity index is 2.03. The fraction of sp³-hybridized carbons (Fsp3) is 0.571. The number of nitrogens with one attached hydrogen (secondary N) is 1. The van der Waals surface area contributed by atoms with E-state index in [1.807, 2.05) is 12.1 Å². The summed E-state index contributed by atoms with van der Waals surface area (Å²) in [5, 5.41) is 4.49. The maximum atomic E-state index is 6.20. The van der Waals surface area contributed by atoms with E-state index in [1.54, 1.807) is 0 Å². The minimum atomic E-state index is 0.597. The predicted molar refractivity (Wildman–Crippen MR) is 69.9 cm³/mol. The summed E-state index contributed by atoms with van der Waals surface area (Å²) in [6.45, 7) is 5.55. The summed E-state index contributed by atoms with van der Waals surface area (Å²) in [4.78, 5) is 0. The van der Waals surface area contributed by atoms with Crippen molar-refractivity contribution in [2.75, 3.05) is 6.54 Å². The summed E-state index contributed by atoms with van der Waals surface area (Å²) in [5.41, 5.74) is 1.27. The van der Waals surface area contributed by atoms with Gasteiger partial charge in [0.1, 0.15) is 0 Å². The monoisotopic (exact) mass is 237 g/mol. The van der Waals surface area contributed by atoms with Gasteiger partial charge in [-0.15, -0.1) is 0 Å². The molecule has 1 saturated carbocycles. The Morgan fingerprint density at radius 3 is 2.69 bits per heavy atom. The van der Waals surface area contributed by atoms with Crippen LogP contribution >= 0.6 is 11.6 Å². The highest BCUT2D eigenvalue weighted by atomic mass is 35.5. The molecule has 1 aromatic carbocycles. The third-order valence-electron chi connectivity index (χ3n) is 3.55. The molecule has 2 heteroatoms. The van der Waals surface area contributed by atoms with Crippen LogP contribution in [0.3, 0.4) is 0 Å². The van der Waals surface area contributed by atoms with E-state index in [2.05, 4.69) is 31.3 Å². The molecule has 88 valence electrons. The van der Waals surface area contributed by atoms with Crippen molar-refractivity contribution < 1.29 is 0 Å². The molecule has 1 aliphatic carbocycles. The molecule has 1 nitrogen and oxygen atoms in total. The van der Waals surface area contributed by atoms with Crippen molar-refractivity contribution >= 4 is 11.6 Å². The standard InChI is InChI=1S/C14H20ClN/c1-3-16-14(12-8-10(12)2)9-11-6-4-5-7-13(11)15/h4-7,10,12,14,16H,3,8-9H2,1-2H3. The Hall–Kier alpha value is -0.530. The maximum Gasteiger partial charge on any atom is 0.0438 e. The first-order valence-electron chi connectivity index (χ1n) is 6.19. The minimum absolute atomic E-state index is 0.597. The third-order valence-corrected chi connectivity index (χ3v) is 3.92. The molecular weight excluding hydrogens is 218 g/mol. The molecule has 3 atom stereocenters. The highest BCUT2D eigenvalue weighted by Gasteiger charge is 2.38. The number of halogens is 1. The summed E-state index contributed by atoms with van der Waals surface area (Å²) >= 11 is 6.20. The number of benzene rings is 1. The SMILES string of the molecule is CCNC(Cc1ccccc1Cl)C1CC1C. The third kappa shape index (κ3) is 2.78. The van der Waals surface area contributed by atoms with Gasteiger partial charge in [-0.25, -0.2) is 0 Å². The topological polar surface area (TPSA) is 12.0 Å². The number of hydrogen-bond donors (Lipinski definition) is 1. The number of rotatable bonds is 5. The Kier molecular flexibility index (Phi) is 3.88. The van der Waals surface area contributed by atoms with Crippen LogP contribution < -0.4 is 5.32 Å². The van der Waals surface area contributed by atoms with Gasteiger partial charge in [0.05, 0.1) is 0 Å². The second-order valence-corrected chi connectivity index (χ2v) is 5.24. The van der Waals surface area contributed by atoms with Crippen LogP contribution in [0.4, 0.5) is 0 Å². The van der Waals surface area contributed by atoms with Crippen molar-refractivity contribution in [1.82, 2.24) is 5.32 Å². The van der Waals surface area contributed by atoms with Crippen molar-refractivity contribution in [3.8, 4) is 0 Å². The highest BCUT2D eigenvalue weighted by molar-refractivity contribution is 6.31. The Morgan fingerprint density at radius 1 is 1.44 bits per heavy atom. The molecule has 0 heterocycles. The lowest BCUT2D eigenvalue weighted by atomic mass is 10.0. The summed E-state index contributed by atoms with van der Waals surface area (Å²) in [6.07, 6.45) is 2.42. The Labute approximate surface area is 103 Å². The smallest absolute Gasteiger partial charge is 0.0438 e. The summed E-state index contributed by atoms with van der Waals surface area (Å²) in [7, 11) is 0. The molecule has 0 bridgehead atoms. The fourth-order valence-electron chi connectivity index (χ4n) is 2.45. The molecule has 1 aliphatic rings. The molecule has 0 spiro atoms. The first kappa shape index (κ1) is 11.9. The number of hydrogen-bond acceptors (Lipinski definition) is 1. The van der Waals surface area contributed by atoms with Crippen LogP contribution in [0.15, 0.2) is 24.3 Å². The van der Waals surface area contributed by atoms with E-state index in [0.717, 1.165) is 29.8 Å². The molecule has 16 heavy (non-hydrogen) atoms. The zero-order valence-electron chi connectivity index (χ0n) is 10.0. The van der Waals surface area contributed by atoms with E-state index in [9.17, 15) is 0 Å². The lowest BCUT2D eigenvalue weighted by molar-refractivity contribution is 0.454. The molecule has 0 aromatic heterocycles. The van der Waals surface area contributed by atoms with Crippen molar-refractivity contribution in [3.05, 3.63) is 34.9 Å². The molecular formula is C14H20ClN. The van der Waals surface area contributed by atoms with Gasteiger partial charge in [0.15, 0.2) is 0 Å². The van der Waals surface area contributed by atoms with Gasteiger partial charge in [0, 0.05) is 11.1 Å². The van der Waals surface area contributed by atoms with E-state index < -0.39 is 0 Å². The van der Waals surface area contributed by atoms with Gasteiger partial charge in [-0.1, -0.05) is 43.6 Å². The molecule has 2 rings (SSSR count). The van der Waals surface area contributed by atoms with E-state index in [1.165, 1.54) is 12.0 Å². The average Bonchev–Trinajstić information content (AvgIpc) is 2.98. The molecule has 0 aliphatic heterocycles. The van der Waals surface area contributed by atoms with Gasteiger partial charge in [-0.3, -0.25) is 0 Å². The molecule has 0 saturated heterocycles. The molecule has 0 amide bonds. The largest absolute Gasteiger partial charge is 0.314 e. The van der Waals surface area contributed by atoms with Crippen LogP contribution in [0.2, 0.25) is 5.02 Å². The van der Waals surface area contributed by atoms with Crippen LogP contribution in [-0.4, -0.2) is 12.6 Å². The molecule has 1 fully saturated rings. The van der Waals surface area contributed by atoms with E-state index in [-0.39, 0.29) is 0 Å². The van der Waals surface area contributed by atoms with Crippen LogP contribution in [0.1, 0.15) is 25.8 Å². The first-order chi connectivity index (χ1) is 7.72. The lowest BCUT2D eigenvalue weighted by Crippen LogP contribution is -2.33. The molecule has 0 radical (unpaired) electrons. The van der Waals surface area contributed by atoms with Gasteiger partial charge in [0.2, 0.25) is 0 Å². The van der Waals surface area contributed by atoms with Gasteiger partial charge in [-0.2, -0.15) is 0 Å². The molecule has 1 N–H and O–H groups in total. The van der Waals surface area contributed by atoms with Crippen LogP contribution in [-0.2, 0) is 6.42 Å². The number of likely N-dealkylation sites (N-methyl/N-ethyl adjacent to an activating group) is 1. The zero-order valence-corrected chi connectivity index (χ0v) is 10.8. The van der Waals surface area contributed by atoms with Crippen molar-refractivity contribution in [3.63, 3.8) is 0 Å². The van der Waals surface area contributed by atoms with Crippen molar-refractivity contribution in [2.24, 2.45) is 11.8 Å². The van der Waals surface area contributed by atoms with E-state index in [0.29, 0.717) is 6.04 Å². The Bertz CT molecular complexity index is 350. The highest BCUT2D eigenvalue weighted by Crippen LogP contribution is 2.41. The van der Waals surface area contributed by atoms with Gasteiger partial charge in [-0.05, 0) is 42.9 Å². The maximum absolute atomic E-state index is 6.20. The quantitative estimate of drug-likeness (QED) is 0.827. The van der Waals surface area contributed by atoms with E-state index in [4.69, 9.17) is 11.6 Å². The second kappa shape index (κ2) is 5.20. The van der Waals surface area contributed by atoms with Gasteiger partial charge < -0.3 is 5.32 Å². The normalized spacial score (nSPS) is 25.4.